The summed E-state index contributed by atoms with van der Waals surface area (Å²) in [5.74, 6) is 0. The summed E-state index contributed by atoms with van der Waals surface area (Å²) in [7, 11) is 0.0457. The summed E-state index contributed by atoms with van der Waals surface area (Å²) < 4.78 is 12.3. The van der Waals surface area contributed by atoms with Gasteiger partial charge in [-0.15, -0.1) is 0 Å². The highest BCUT2D eigenvalue weighted by molar-refractivity contribution is 6.51. The molecule has 0 aromatic carbocycles. The van der Waals surface area contributed by atoms with Crippen LogP contribution in [0.5, 0.6) is 0 Å². The van der Waals surface area contributed by atoms with Crippen molar-refractivity contribution in [1.82, 2.24) is 0 Å². The lowest BCUT2D eigenvalue weighted by molar-refractivity contribution is -0.0936. The molecule has 4 aliphatic rings. The second kappa shape index (κ2) is 2.30. The Morgan fingerprint density at radius 2 is 1.20 bits per heavy atom. The van der Waals surface area contributed by atoms with E-state index in [9.17, 15) is 0 Å². The molecule has 3 saturated carbocycles. The average molecular weight is 208 g/mol. The van der Waals surface area contributed by atoms with Gasteiger partial charge in [-0.2, -0.15) is 0 Å². The zero-order valence-corrected chi connectivity index (χ0v) is 10.5. The van der Waals surface area contributed by atoms with Crippen molar-refractivity contribution in [2.24, 2.45) is 5.41 Å². The van der Waals surface area contributed by atoms with Crippen molar-refractivity contribution in [3.05, 3.63) is 0 Å². The SMILES string of the molecule is CC12CC(B3OC(C)(C)C(C)(C)O3)(C1)C2. The lowest BCUT2D eigenvalue weighted by Crippen LogP contribution is -2.62. The van der Waals surface area contributed by atoms with Crippen LogP contribution in [0.25, 0.3) is 0 Å². The first-order valence-corrected chi connectivity index (χ1v) is 6.04. The maximum Gasteiger partial charge on any atom is 0.464 e. The van der Waals surface area contributed by atoms with E-state index in [2.05, 4.69) is 34.6 Å². The van der Waals surface area contributed by atoms with Gasteiger partial charge in [-0.25, -0.2) is 0 Å². The molecule has 3 aliphatic carbocycles. The van der Waals surface area contributed by atoms with Crippen LogP contribution < -0.4 is 0 Å². The van der Waals surface area contributed by atoms with E-state index in [-0.39, 0.29) is 18.3 Å². The third kappa shape index (κ3) is 1.09. The van der Waals surface area contributed by atoms with Gasteiger partial charge in [0.05, 0.1) is 11.2 Å². The van der Waals surface area contributed by atoms with Crippen molar-refractivity contribution in [2.45, 2.75) is 70.4 Å². The predicted molar refractivity (Wildman–Crippen MR) is 60.7 cm³/mol. The molecule has 0 atom stereocenters. The summed E-state index contributed by atoms with van der Waals surface area (Å²) >= 11 is 0. The number of hydrogen-bond acceptors (Lipinski definition) is 2. The third-order valence-electron chi connectivity index (χ3n) is 5.09. The summed E-state index contributed by atoms with van der Waals surface area (Å²) in [5, 5.41) is 0.375. The van der Waals surface area contributed by atoms with Crippen molar-refractivity contribution in [1.29, 1.82) is 0 Å². The van der Waals surface area contributed by atoms with E-state index >= 15 is 0 Å². The highest BCUT2D eigenvalue weighted by Crippen LogP contribution is 2.80. The Labute approximate surface area is 92.9 Å². The highest BCUT2D eigenvalue weighted by Gasteiger charge is 2.74. The number of rotatable bonds is 1. The second-order valence-corrected chi connectivity index (χ2v) is 7.29. The van der Waals surface area contributed by atoms with Crippen molar-refractivity contribution < 1.29 is 9.31 Å². The van der Waals surface area contributed by atoms with Crippen LogP contribution in [0, 0.1) is 5.41 Å². The van der Waals surface area contributed by atoms with Crippen LogP contribution in [0.2, 0.25) is 5.31 Å². The Morgan fingerprint density at radius 3 is 1.53 bits per heavy atom. The van der Waals surface area contributed by atoms with Crippen molar-refractivity contribution in [2.75, 3.05) is 0 Å². The van der Waals surface area contributed by atoms with E-state index in [1.165, 1.54) is 19.3 Å². The maximum atomic E-state index is 6.13. The van der Waals surface area contributed by atoms with Gasteiger partial charge in [-0.05, 0) is 52.4 Å². The summed E-state index contributed by atoms with van der Waals surface area (Å²) in [6, 6.07) is 0. The standard InChI is InChI=1S/C12H21BO2/c1-9(2)10(3,4)15-13(14-9)12-6-11(5,7-12)8-12/h6-8H2,1-5H3. The summed E-state index contributed by atoms with van der Waals surface area (Å²) in [5.41, 5.74) is 0.311. The molecule has 0 amide bonds. The first-order valence-electron chi connectivity index (χ1n) is 6.04. The maximum absolute atomic E-state index is 6.13. The molecule has 0 aromatic heterocycles. The van der Waals surface area contributed by atoms with E-state index in [1.54, 1.807) is 0 Å². The first kappa shape index (κ1) is 10.2. The Morgan fingerprint density at radius 1 is 0.800 bits per heavy atom. The van der Waals surface area contributed by atoms with Gasteiger partial charge in [0, 0.05) is 5.31 Å². The van der Waals surface area contributed by atoms with Gasteiger partial charge < -0.3 is 9.31 Å². The van der Waals surface area contributed by atoms with E-state index in [4.69, 9.17) is 9.31 Å². The highest BCUT2D eigenvalue weighted by atomic mass is 16.7. The van der Waals surface area contributed by atoms with Crippen LogP contribution in [0.1, 0.15) is 53.9 Å². The van der Waals surface area contributed by atoms with Crippen LogP contribution in [0.3, 0.4) is 0 Å². The van der Waals surface area contributed by atoms with Crippen molar-refractivity contribution in [3.63, 3.8) is 0 Å². The molecule has 1 aliphatic heterocycles. The monoisotopic (exact) mass is 208 g/mol. The fourth-order valence-corrected chi connectivity index (χ4v) is 3.74. The molecular formula is C12H21BO2. The molecule has 4 rings (SSSR count). The minimum atomic E-state index is -0.159. The lowest BCUT2D eigenvalue weighted by Gasteiger charge is -2.70. The Balaban J connectivity index is 1.77. The van der Waals surface area contributed by atoms with Crippen LogP contribution in [0.4, 0.5) is 0 Å². The van der Waals surface area contributed by atoms with Gasteiger partial charge in [-0.3, -0.25) is 0 Å². The average Bonchev–Trinajstić information content (AvgIpc) is 2.13. The van der Waals surface area contributed by atoms with E-state index in [0.717, 1.165) is 0 Å². The third-order valence-corrected chi connectivity index (χ3v) is 5.09. The minimum absolute atomic E-state index is 0.0457. The zero-order valence-electron chi connectivity index (χ0n) is 10.5. The van der Waals surface area contributed by atoms with Crippen molar-refractivity contribution >= 4 is 7.12 Å². The van der Waals surface area contributed by atoms with Crippen LogP contribution in [0.15, 0.2) is 0 Å². The van der Waals surface area contributed by atoms with Gasteiger partial charge >= 0.3 is 7.12 Å². The normalized spacial score (nSPS) is 49.8. The molecule has 15 heavy (non-hydrogen) atoms. The molecule has 1 heterocycles. The molecular weight excluding hydrogens is 187 g/mol. The Kier molecular flexibility index (Phi) is 1.56. The van der Waals surface area contributed by atoms with Crippen molar-refractivity contribution in [3.8, 4) is 0 Å². The topological polar surface area (TPSA) is 18.5 Å². The van der Waals surface area contributed by atoms with E-state index in [1.807, 2.05) is 0 Å². The molecule has 0 N–H and O–H groups in total. The molecule has 0 unspecified atom stereocenters. The number of hydrogen-bond donors (Lipinski definition) is 0. The fourth-order valence-electron chi connectivity index (χ4n) is 3.74. The molecule has 84 valence electrons. The van der Waals surface area contributed by atoms with Gasteiger partial charge in [0.25, 0.3) is 0 Å². The summed E-state index contributed by atoms with van der Waals surface area (Å²) in [6.07, 6.45) is 3.91. The van der Waals surface area contributed by atoms with Crippen LogP contribution in [-0.4, -0.2) is 18.3 Å². The van der Waals surface area contributed by atoms with Gasteiger partial charge in [0.15, 0.2) is 0 Å². The lowest BCUT2D eigenvalue weighted by atomic mass is 9.25. The summed E-state index contributed by atoms with van der Waals surface area (Å²) in [4.78, 5) is 0. The molecule has 1 saturated heterocycles. The van der Waals surface area contributed by atoms with E-state index < -0.39 is 0 Å². The van der Waals surface area contributed by atoms with Crippen LogP contribution in [-0.2, 0) is 9.31 Å². The predicted octanol–water partition coefficient (Wildman–Crippen LogP) is 3.02. The molecule has 3 heteroatoms. The quantitative estimate of drug-likeness (QED) is 0.616. The smallest absolute Gasteiger partial charge is 0.403 e. The zero-order chi connectivity index (χ0) is 11.1. The molecule has 2 nitrogen and oxygen atoms in total. The van der Waals surface area contributed by atoms with Gasteiger partial charge in [0.2, 0.25) is 0 Å². The Hall–Kier alpha value is -0.0151. The fraction of sp³-hybridized carbons (Fsp3) is 1.00. The van der Waals surface area contributed by atoms with Gasteiger partial charge in [-0.1, -0.05) is 6.92 Å². The molecule has 2 bridgehead atoms. The molecule has 0 spiro atoms. The molecule has 0 aromatic rings. The summed E-state index contributed by atoms with van der Waals surface area (Å²) in [6.45, 7) is 10.9. The molecule has 0 radical (unpaired) electrons. The Bertz CT molecular complexity index is 286. The van der Waals surface area contributed by atoms with Crippen LogP contribution >= 0.6 is 0 Å². The second-order valence-electron chi connectivity index (χ2n) is 7.29. The van der Waals surface area contributed by atoms with Gasteiger partial charge in [0.1, 0.15) is 0 Å². The van der Waals surface area contributed by atoms with E-state index in [0.29, 0.717) is 10.7 Å². The molecule has 4 fully saturated rings. The minimum Gasteiger partial charge on any atom is -0.403 e. The first-order chi connectivity index (χ1) is 6.68. The largest absolute Gasteiger partial charge is 0.464 e.